The van der Waals surface area contributed by atoms with E-state index in [2.05, 4.69) is 17.6 Å². The average molecular weight is 299 g/mol. The Bertz CT molecular complexity index is 495. The molecule has 2 unspecified atom stereocenters. The summed E-state index contributed by atoms with van der Waals surface area (Å²) >= 11 is 0. The molecule has 3 rings (SSSR count). The number of benzene rings is 1. The van der Waals surface area contributed by atoms with E-state index in [9.17, 15) is 4.79 Å². The molecule has 0 radical (unpaired) electrons. The molecule has 0 aromatic heterocycles. The van der Waals surface area contributed by atoms with Gasteiger partial charge < -0.3 is 20.1 Å². The molecule has 2 aliphatic heterocycles. The van der Waals surface area contributed by atoms with Crippen LogP contribution in [0.3, 0.4) is 0 Å². The van der Waals surface area contributed by atoms with Gasteiger partial charge in [0.25, 0.3) is 5.91 Å². The molecule has 110 valence electrons. The molecule has 1 amide bonds. The maximum absolute atomic E-state index is 12.2. The number of hydrogen-bond donors (Lipinski definition) is 2. The molecule has 2 aliphatic rings. The van der Waals surface area contributed by atoms with Crippen LogP contribution in [-0.4, -0.2) is 31.8 Å². The van der Waals surface area contributed by atoms with Crippen molar-refractivity contribution in [2.75, 3.05) is 19.9 Å². The number of ether oxygens (including phenoxy) is 2. The number of hydrogen-bond acceptors (Lipinski definition) is 4. The van der Waals surface area contributed by atoms with Gasteiger partial charge in [-0.25, -0.2) is 0 Å². The highest BCUT2D eigenvalue weighted by Gasteiger charge is 2.24. The third-order valence-electron chi connectivity index (χ3n) is 3.74. The van der Waals surface area contributed by atoms with E-state index in [1.54, 1.807) is 18.2 Å². The smallest absolute Gasteiger partial charge is 0.251 e. The van der Waals surface area contributed by atoms with Crippen LogP contribution in [0.5, 0.6) is 11.5 Å². The molecule has 1 saturated heterocycles. The number of piperidine rings is 1. The van der Waals surface area contributed by atoms with Gasteiger partial charge in [0.15, 0.2) is 11.5 Å². The van der Waals surface area contributed by atoms with Crippen LogP contribution in [0.2, 0.25) is 0 Å². The predicted octanol–water partition coefficient (Wildman–Crippen LogP) is 1.56. The van der Waals surface area contributed by atoms with E-state index in [-0.39, 0.29) is 31.1 Å². The minimum atomic E-state index is -0.0444. The van der Waals surface area contributed by atoms with Crippen LogP contribution >= 0.6 is 12.4 Å². The zero-order valence-corrected chi connectivity index (χ0v) is 12.2. The van der Waals surface area contributed by atoms with Gasteiger partial charge in [-0.15, -0.1) is 12.4 Å². The van der Waals surface area contributed by atoms with E-state index >= 15 is 0 Å². The Labute approximate surface area is 124 Å². The van der Waals surface area contributed by atoms with Gasteiger partial charge in [-0.2, -0.15) is 0 Å². The highest BCUT2D eigenvalue weighted by molar-refractivity contribution is 5.95. The fourth-order valence-corrected chi connectivity index (χ4v) is 2.52. The van der Waals surface area contributed by atoms with Crippen molar-refractivity contribution < 1.29 is 14.3 Å². The Morgan fingerprint density at radius 3 is 2.95 bits per heavy atom. The Kier molecular flexibility index (Phi) is 4.73. The lowest BCUT2D eigenvalue weighted by Gasteiger charge is -2.30. The first kappa shape index (κ1) is 14.9. The highest BCUT2D eigenvalue weighted by Crippen LogP contribution is 2.32. The van der Waals surface area contributed by atoms with Gasteiger partial charge in [-0.1, -0.05) is 6.92 Å². The number of carbonyl (C=O) groups excluding carboxylic acids is 1. The lowest BCUT2D eigenvalue weighted by Crippen LogP contribution is -2.48. The summed E-state index contributed by atoms with van der Waals surface area (Å²) in [4.78, 5) is 12.2. The molecule has 1 aromatic rings. The van der Waals surface area contributed by atoms with Crippen LogP contribution in [0, 0.1) is 5.92 Å². The van der Waals surface area contributed by atoms with Gasteiger partial charge >= 0.3 is 0 Å². The van der Waals surface area contributed by atoms with E-state index in [4.69, 9.17) is 9.47 Å². The van der Waals surface area contributed by atoms with Crippen LogP contribution in [-0.2, 0) is 0 Å². The number of nitrogens with one attached hydrogen (secondary N) is 2. The summed E-state index contributed by atoms with van der Waals surface area (Å²) in [6.45, 7) is 4.28. The SMILES string of the molecule is CC1CNCCC1NC(=O)c1ccc2c(c1)OCO2.Cl. The lowest BCUT2D eigenvalue weighted by atomic mass is 9.95. The maximum Gasteiger partial charge on any atom is 0.251 e. The molecular weight excluding hydrogens is 280 g/mol. The molecule has 2 atom stereocenters. The molecule has 1 aromatic carbocycles. The first-order valence-electron chi connectivity index (χ1n) is 6.65. The Hall–Kier alpha value is -1.46. The zero-order chi connectivity index (χ0) is 13.2. The Morgan fingerprint density at radius 1 is 1.35 bits per heavy atom. The summed E-state index contributed by atoms with van der Waals surface area (Å²) in [5.41, 5.74) is 0.620. The van der Waals surface area contributed by atoms with Crippen molar-refractivity contribution in [2.45, 2.75) is 19.4 Å². The van der Waals surface area contributed by atoms with Gasteiger partial charge in [0.05, 0.1) is 0 Å². The lowest BCUT2D eigenvalue weighted by molar-refractivity contribution is 0.0914. The van der Waals surface area contributed by atoms with Gasteiger partial charge in [0, 0.05) is 11.6 Å². The molecule has 0 saturated carbocycles. The third-order valence-corrected chi connectivity index (χ3v) is 3.74. The molecule has 0 aliphatic carbocycles. The van der Waals surface area contributed by atoms with Crippen molar-refractivity contribution in [1.29, 1.82) is 0 Å². The molecule has 2 N–H and O–H groups in total. The molecule has 2 heterocycles. The number of carbonyl (C=O) groups is 1. The standard InChI is InChI=1S/C14H18N2O3.ClH/c1-9-7-15-5-4-11(9)16-14(17)10-2-3-12-13(6-10)19-8-18-12;/h2-3,6,9,11,15H,4-5,7-8H2,1H3,(H,16,17);1H. The summed E-state index contributed by atoms with van der Waals surface area (Å²) in [7, 11) is 0. The molecule has 0 spiro atoms. The molecule has 1 fully saturated rings. The fraction of sp³-hybridized carbons (Fsp3) is 0.500. The van der Waals surface area contributed by atoms with Crippen molar-refractivity contribution in [3.8, 4) is 11.5 Å². The predicted molar refractivity (Wildman–Crippen MR) is 77.7 cm³/mol. The second kappa shape index (κ2) is 6.33. The topological polar surface area (TPSA) is 59.6 Å². The van der Waals surface area contributed by atoms with Crippen LogP contribution < -0.4 is 20.1 Å². The Balaban J connectivity index is 0.00000147. The van der Waals surface area contributed by atoms with Crippen molar-refractivity contribution in [3.05, 3.63) is 23.8 Å². The van der Waals surface area contributed by atoms with E-state index in [1.807, 2.05) is 0 Å². The average Bonchev–Trinajstić information content (AvgIpc) is 2.88. The van der Waals surface area contributed by atoms with E-state index < -0.39 is 0 Å². The number of halogens is 1. The summed E-state index contributed by atoms with van der Waals surface area (Å²) < 4.78 is 10.5. The molecule has 0 bridgehead atoms. The largest absolute Gasteiger partial charge is 0.454 e. The molecule has 5 nitrogen and oxygen atoms in total. The second-order valence-corrected chi connectivity index (χ2v) is 5.12. The van der Waals surface area contributed by atoms with Crippen LogP contribution in [0.25, 0.3) is 0 Å². The van der Waals surface area contributed by atoms with Crippen LogP contribution in [0.15, 0.2) is 18.2 Å². The monoisotopic (exact) mass is 298 g/mol. The van der Waals surface area contributed by atoms with Gasteiger partial charge in [-0.3, -0.25) is 4.79 Å². The zero-order valence-electron chi connectivity index (χ0n) is 11.3. The van der Waals surface area contributed by atoms with E-state index in [0.717, 1.165) is 19.5 Å². The first-order valence-corrected chi connectivity index (χ1v) is 6.65. The van der Waals surface area contributed by atoms with Crippen molar-refractivity contribution in [1.82, 2.24) is 10.6 Å². The van der Waals surface area contributed by atoms with Crippen LogP contribution in [0.1, 0.15) is 23.7 Å². The quantitative estimate of drug-likeness (QED) is 0.870. The minimum Gasteiger partial charge on any atom is -0.454 e. The Morgan fingerprint density at radius 2 is 2.15 bits per heavy atom. The molecule has 20 heavy (non-hydrogen) atoms. The van der Waals surface area contributed by atoms with Gasteiger partial charge in [0.2, 0.25) is 6.79 Å². The molecular formula is C14H19ClN2O3. The number of rotatable bonds is 2. The van der Waals surface area contributed by atoms with Crippen molar-refractivity contribution >= 4 is 18.3 Å². The number of amides is 1. The van der Waals surface area contributed by atoms with Crippen LogP contribution in [0.4, 0.5) is 0 Å². The maximum atomic E-state index is 12.2. The minimum absolute atomic E-state index is 0. The normalized spacial score (nSPS) is 23.9. The van der Waals surface area contributed by atoms with E-state index in [1.165, 1.54) is 0 Å². The van der Waals surface area contributed by atoms with Gasteiger partial charge in [-0.05, 0) is 43.6 Å². The van der Waals surface area contributed by atoms with E-state index in [0.29, 0.717) is 23.0 Å². The first-order chi connectivity index (χ1) is 9.24. The summed E-state index contributed by atoms with van der Waals surface area (Å²) in [5.74, 6) is 1.75. The van der Waals surface area contributed by atoms with Gasteiger partial charge in [0.1, 0.15) is 0 Å². The fourth-order valence-electron chi connectivity index (χ4n) is 2.52. The summed E-state index contributed by atoms with van der Waals surface area (Å²) in [6.07, 6.45) is 0.970. The highest BCUT2D eigenvalue weighted by atomic mass is 35.5. The summed E-state index contributed by atoms with van der Waals surface area (Å²) in [6, 6.07) is 5.53. The van der Waals surface area contributed by atoms with Crippen molar-refractivity contribution in [3.63, 3.8) is 0 Å². The second-order valence-electron chi connectivity index (χ2n) is 5.12. The third kappa shape index (κ3) is 2.99. The number of fused-ring (bicyclic) bond motifs is 1. The van der Waals surface area contributed by atoms with Crippen molar-refractivity contribution in [2.24, 2.45) is 5.92 Å². The summed E-state index contributed by atoms with van der Waals surface area (Å²) in [5, 5.41) is 6.42. The molecule has 6 heteroatoms.